The van der Waals surface area contributed by atoms with Crippen LogP contribution >= 0.6 is 0 Å². The van der Waals surface area contributed by atoms with Gasteiger partial charge in [0.05, 0.1) is 6.67 Å². The largest absolute Gasteiger partial charge is 0.352 e. The first-order valence-electron chi connectivity index (χ1n) is 10.5. The lowest BCUT2D eigenvalue weighted by Gasteiger charge is -2.24. The van der Waals surface area contributed by atoms with Crippen LogP contribution in [-0.2, 0) is 0 Å². The summed E-state index contributed by atoms with van der Waals surface area (Å²) in [6, 6.07) is 19.5. The summed E-state index contributed by atoms with van der Waals surface area (Å²) in [6.07, 6.45) is 1.25. The van der Waals surface area contributed by atoms with E-state index in [1.165, 1.54) is 23.4 Å². The lowest BCUT2D eigenvalue weighted by molar-refractivity contribution is 0.737. The van der Waals surface area contributed by atoms with Crippen molar-refractivity contribution in [1.82, 2.24) is 0 Å². The standard InChI is InChI=1S/C18H22N2.C4H10.C3H8/c1-15(2)17-10-6-7-11-18(17)20-13-12-19(14-20)16-8-4-3-5-9-16;1-4(2)3;1-3-2/h3-11,15H,12-14H2,1-2H3;4H,1-3H3;3H2,1-2H3. The van der Waals surface area contributed by atoms with E-state index >= 15 is 0 Å². The van der Waals surface area contributed by atoms with E-state index in [1.54, 1.807) is 0 Å². The van der Waals surface area contributed by atoms with Gasteiger partial charge in [-0.1, -0.05) is 91.3 Å². The van der Waals surface area contributed by atoms with Crippen LogP contribution in [0.2, 0.25) is 0 Å². The SMILES string of the molecule is CC(C)C.CC(C)c1ccccc1N1CCN(c2ccccc2)C1.CCC. The van der Waals surface area contributed by atoms with Crippen LogP contribution in [0, 0.1) is 5.92 Å². The molecule has 0 amide bonds. The predicted molar refractivity (Wildman–Crippen MR) is 123 cm³/mol. The zero-order valence-electron chi connectivity index (χ0n) is 18.6. The third kappa shape index (κ3) is 8.07. The maximum absolute atomic E-state index is 2.49. The van der Waals surface area contributed by atoms with Crippen LogP contribution < -0.4 is 9.80 Å². The fourth-order valence-corrected chi connectivity index (χ4v) is 2.90. The zero-order chi connectivity index (χ0) is 20.2. The van der Waals surface area contributed by atoms with Crippen molar-refractivity contribution in [2.45, 2.75) is 60.8 Å². The highest BCUT2D eigenvalue weighted by Gasteiger charge is 2.22. The van der Waals surface area contributed by atoms with Gasteiger partial charge >= 0.3 is 0 Å². The van der Waals surface area contributed by atoms with Crippen LogP contribution in [0.1, 0.15) is 66.4 Å². The number of anilines is 2. The summed E-state index contributed by atoms with van der Waals surface area (Å²) in [5, 5.41) is 0. The maximum atomic E-state index is 2.49. The molecule has 0 aromatic heterocycles. The number of rotatable bonds is 3. The van der Waals surface area contributed by atoms with Crippen molar-refractivity contribution >= 4 is 11.4 Å². The average Bonchev–Trinajstić information content (AvgIpc) is 3.13. The Labute approximate surface area is 168 Å². The van der Waals surface area contributed by atoms with Crippen LogP contribution in [0.25, 0.3) is 0 Å². The molecule has 2 aromatic rings. The molecule has 1 heterocycles. The molecule has 0 bridgehead atoms. The molecule has 0 radical (unpaired) electrons. The van der Waals surface area contributed by atoms with Gasteiger partial charge in [-0.3, -0.25) is 0 Å². The van der Waals surface area contributed by atoms with Gasteiger partial charge in [0.25, 0.3) is 0 Å². The topological polar surface area (TPSA) is 6.48 Å². The Morgan fingerprint density at radius 1 is 0.741 bits per heavy atom. The minimum Gasteiger partial charge on any atom is -0.352 e. The second-order valence-corrected chi connectivity index (χ2v) is 8.16. The first-order chi connectivity index (χ1) is 12.9. The Morgan fingerprint density at radius 3 is 1.78 bits per heavy atom. The summed E-state index contributed by atoms with van der Waals surface area (Å²) >= 11 is 0. The monoisotopic (exact) mass is 368 g/mol. The van der Waals surface area contributed by atoms with Gasteiger partial charge in [0.2, 0.25) is 0 Å². The Kier molecular flexibility index (Phi) is 10.6. The minimum atomic E-state index is 0.567. The van der Waals surface area contributed by atoms with E-state index in [1.807, 2.05) is 0 Å². The van der Waals surface area contributed by atoms with E-state index in [2.05, 4.69) is 113 Å². The number of benzene rings is 2. The molecule has 2 heteroatoms. The quantitative estimate of drug-likeness (QED) is 0.566. The zero-order valence-corrected chi connectivity index (χ0v) is 18.6. The summed E-state index contributed by atoms with van der Waals surface area (Å²) in [4.78, 5) is 4.93. The number of para-hydroxylation sites is 2. The first kappa shape index (κ1) is 23.1. The maximum Gasteiger partial charge on any atom is 0.0904 e. The van der Waals surface area contributed by atoms with E-state index < -0.39 is 0 Å². The van der Waals surface area contributed by atoms with Crippen molar-refractivity contribution < 1.29 is 0 Å². The number of hydrogen-bond donors (Lipinski definition) is 0. The summed E-state index contributed by atoms with van der Waals surface area (Å²) < 4.78 is 0. The van der Waals surface area contributed by atoms with E-state index in [-0.39, 0.29) is 0 Å². The van der Waals surface area contributed by atoms with Crippen LogP contribution in [0.3, 0.4) is 0 Å². The number of hydrogen-bond acceptors (Lipinski definition) is 2. The van der Waals surface area contributed by atoms with Gasteiger partial charge in [-0.2, -0.15) is 0 Å². The van der Waals surface area contributed by atoms with Gasteiger partial charge in [-0.25, -0.2) is 0 Å². The highest BCUT2D eigenvalue weighted by Crippen LogP contribution is 2.30. The van der Waals surface area contributed by atoms with Gasteiger partial charge in [0.15, 0.2) is 0 Å². The van der Waals surface area contributed by atoms with E-state index in [0.717, 1.165) is 25.7 Å². The van der Waals surface area contributed by atoms with Crippen molar-refractivity contribution in [2.24, 2.45) is 5.92 Å². The Bertz CT molecular complexity index is 616. The van der Waals surface area contributed by atoms with Gasteiger partial charge in [0.1, 0.15) is 0 Å². The van der Waals surface area contributed by atoms with Crippen molar-refractivity contribution in [1.29, 1.82) is 0 Å². The second-order valence-electron chi connectivity index (χ2n) is 8.16. The van der Waals surface area contributed by atoms with Crippen LogP contribution in [0.4, 0.5) is 11.4 Å². The molecular weight excluding hydrogens is 328 g/mol. The third-order valence-corrected chi connectivity index (χ3v) is 4.00. The van der Waals surface area contributed by atoms with Gasteiger partial charge < -0.3 is 9.80 Å². The molecule has 2 aromatic carbocycles. The Morgan fingerprint density at radius 2 is 1.22 bits per heavy atom. The van der Waals surface area contributed by atoms with Gasteiger partial charge in [-0.05, 0) is 35.6 Å². The van der Waals surface area contributed by atoms with E-state index in [9.17, 15) is 0 Å². The van der Waals surface area contributed by atoms with Gasteiger partial charge in [0, 0.05) is 24.5 Å². The number of nitrogens with zero attached hydrogens (tertiary/aromatic N) is 2. The van der Waals surface area contributed by atoms with Crippen LogP contribution in [-0.4, -0.2) is 19.8 Å². The molecule has 1 aliphatic heterocycles. The molecule has 0 unspecified atom stereocenters. The molecule has 2 nitrogen and oxygen atoms in total. The predicted octanol–water partition coefficient (Wildman–Crippen LogP) is 7.17. The molecule has 1 aliphatic rings. The van der Waals surface area contributed by atoms with Crippen molar-refractivity contribution in [3.63, 3.8) is 0 Å². The third-order valence-electron chi connectivity index (χ3n) is 4.00. The van der Waals surface area contributed by atoms with Crippen molar-refractivity contribution in [3.05, 3.63) is 60.2 Å². The lowest BCUT2D eigenvalue weighted by Crippen LogP contribution is -2.25. The first-order valence-corrected chi connectivity index (χ1v) is 10.5. The van der Waals surface area contributed by atoms with Crippen LogP contribution in [0.15, 0.2) is 54.6 Å². The summed E-state index contributed by atoms with van der Waals surface area (Å²) in [6.45, 7) is 18.5. The second kappa shape index (κ2) is 12.4. The molecule has 0 atom stereocenters. The molecule has 0 spiro atoms. The highest BCUT2D eigenvalue weighted by molar-refractivity contribution is 5.59. The molecule has 1 fully saturated rings. The fourth-order valence-electron chi connectivity index (χ4n) is 2.90. The van der Waals surface area contributed by atoms with Crippen molar-refractivity contribution in [2.75, 3.05) is 29.6 Å². The summed E-state index contributed by atoms with van der Waals surface area (Å²) in [7, 11) is 0. The fraction of sp³-hybridized carbons (Fsp3) is 0.520. The Hall–Kier alpha value is -1.96. The molecule has 1 saturated heterocycles. The molecule has 0 N–H and O–H groups in total. The molecule has 150 valence electrons. The molecule has 0 aliphatic carbocycles. The molecule has 27 heavy (non-hydrogen) atoms. The Balaban J connectivity index is 0.000000453. The van der Waals surface area contributed by atoms with Crippen LogP contribution in [0.5, 0.6) is 0 Å². The summed E-state index contributed by atoms with van der Waals surface area (Å²) in [5.74, 6) is 1.40. The average molecular weight is 369 g/mol. The summed E-state index contributed by atoms with van der Waals surface area (Å²) in [5.41, 5.74) is 4.15. The van der Waals surface area contributed by atoms with E-state index in [4.69, 9.17) is 0 Å². The molecular formula is C25H40N2. The van der Waals surface area contributed by atoms with Gasteiger partial charge in [-0.15, -0.1) is 0 Å². The molecule has 3 rings (SSSR count). The minimum absolute atomic E-state index is 0.567. The highest BCUT2D eigenvalue weighted by atomic mass is 15.4. The van der Waals surface area contributed by atoms with Crippen molar-refractivity contribution in [3.8, 4) is 0 Å². The lowest BCUT2D eigenvalue weighted by atomic mass is 10.0. The smallest absolute Gasteiger partial charge is 0.0904 e. The molecule has 0 saturated carbocycles. The van der Waals surface area contributed by atoms with E-state index in [0.29, 0.717) is 5.92 Å². The normalized spacial score (nSPS) is 13.2.